The Morgan fingerprint density at radius 2 is 2.05 bits per heavy atom. The maximum absolute atomic E-state index is 4.67. The van der Waals surface area contributed by atoms with Crippen LogP contribution < -0.4 is 5.32 Å². The van der Waals surface area contributed by atoms with Gasteiger partial charge in [0.25, 0.3) is 0 Å². The molecule has 1 aromatic carbocycles. The van der Waals surface area contributed by atoms with Gasteiger partial charge in [0.15, 0.2) is 0 Å². The fourth-order valence-electron chi connectivity index (χ4n) is 2.14. The van der Waals surface area contributed by atoms with E-state index in [-0.39, 0.29) is 0 Å². The first kappa shape index (κ1) is 16.6. The molecule has 22 heavy (non-hydrogen) atoms. The molecule has 1 aliphatic rings. The Kier molecular flexibility index (Phi) is 5.67. The van der Waals surface area contributed by atoms with Crippen LogP contribution in [0.15, 0.2) is 70.5 Å². The highest BCUT2D eigenvalue weighted by molar-refractivity contribution is 8.14. The van der Waals surface area contributed by atoms with Gasteiger partial charge in [-0.15, -0.1) is 0 Å². The first-order valence-electron chi connectivity index (χ1n) is 7.58. The van der Waals surface area contributed by atoms with Crippen LogP contribution in [0.1, 0.15) is 45.1 Å². The van der Waals surface area contributed by atoms with Crippen LogP contribution in [0, 0.1) is 0 Å². The summed E-state index contributed by atoms with van der Waals surface area (Å²) in [5.41, 5.74) is 4.32. The summed E-state index contributed by atoms with van der Waals surface area (Å²) in [7, 11) is 0. The van der Waals surface area contributed by atoms with Crippen LogP contribution in [0.4, 0.5) is 0 Å². The standard InChI is InChI=1S/C19H24N2S/c1-6-19(21-15(5)14(4)20-13(2)3)22-18-9-7-8-17(12-18)16-10-11-16/h6-9,12,16,20H,1-2,10-11H2,3-5H3/b15-14+,21-19?. The van der Waals surface area contributed by atoms with Gasteiger partial charge in [0.1, 0.15) is 5.04 Å². The number of hydrogen-bond donors (Lipinski definition) is 1. The van der Waals surface area contributed by atoms with Crippen molar-refractivity contribution in [3.05, 3.63) is 66.2 Å². The average Bonchev–Trinajstić information content (AvgIpc) is 3.30. The lowest BCUT2D eigenvalue weighted by molar-refractivity contribution is 0.940. The zero-order valence-electron chi connectivity index (χ0n) is 13.6. The molecule has 0 saturated heterocycles. The quantitative estimate of drug-likeness (QED) is 0.419. The lowest BCUT2D eigenvalue weighted by Crippen LogP contribution is -2.08. The molecule has 2 rings (SSSR count). The summed E-state index contributed by atoms with van der Waals surface area (Å²) in [6.07, 6.45) is 4.46. The summed E-state index contributed by atoms with van der Waals surface area (Å²) < 4.78 is 0. The molecule has 0 amide bonds. The van der Waals surface area contributed by atoms with Crippen LogP contribution in [-0.4, -0.2) is 5.04 Å². The topological polar surface area (TPSA) is 24.4 Å². The van der Waals surface area contributed by atoms with E-state index in [1.165, 1.54) is 23.3 Å². The van der Waals surface area contributed by atoms with E-state index in [2.05, 4.69) is 47.7 Å². The molecule has 3 heteroatoms. The summed E-state index contributed by atoms with van der Waals surface area (Å²) in [4.78, 5) is 5.89. The number of benzene rings is 1. The van der Waals surface area contributed by atoms with E-state index in [9.17, 15) is 0 Å². The Morgan fingerprint density at radius 1 is 1.32 bits per heavy atom. The maximum atomic E-state index is 4.67. The zero-order valence-corrected chi connectivity index (χ0v) is 14.5. The van der Waals surface area contributed by atoms with Gasteiger partial charge >= 0.3 is 0 Å². The van der Waals surface area contributed by atoms with E-state index >= 15 is 0 Å². The summed E-state index contributed by atoms with van der Waals surface area (Å²) in [6.45, 7) is 13.7. The number of nitrogens with one attached hydrogen (secondary N) is 1. The van der Waals surface area contributed by atoms with Crippen molar-refractivity contribution in [1.29, 1.82) is 0 Å². The Labute approximate surface area is 138 Å². The molecule has 0 bridgehead atoms. The second kappa shape index (κ2) is 7.50. The predicted molar refractivity (Wildman–Crippen MR) is 98.2 cm³/mol. The minimum Gasteiger partial charge on any atom is -0.362 e. The van der Waals surface area contributed by atoms with E-state index in [0.717, 1.165) is 28.1 Å². The molecule has 1 saturated carbocycles. The van der Waals surface area contributed by atoms with Gasteiger partial charge in [-0.05, 0) is 63.3 Å². The van der Waals surface area contributed by atoms with Crippen molar-refractivity contribution in [2.75, 3.05) is 0 Å². The number of aliphatic imine (C=N–C) groups is 1. The molecule has 0 heterocycles. The predicted octanol–water partition coefficient (Wildman–Crippen LogP) is 5.62. The van der Waals surface area contributed by atoms with E-state index in [4.69, 9.17) is 0 Å². The summed E-state index contributed by atoms with van der Waals surface area (Å²) >= 11 is 1.66. The van der Waals surface area contributed by atoms with Crippen LogP contribution in [0.2, 0.25) is 0 Å². The monoisotopic (exact) mass is 312 g/mol. The molecule has 0 aliphatic heterocycles. The first-order valence-corrected chi connectivity index (χ1v) is 8.40. The SMILES string of the molecule is C=CC(=N/C(C)=C(\C)NC(=C)C)Sc1cccc(C2CC2)c1. The van der Waals surface area contributed by atoms with Crippen LogP contribution in [0.3, 0.4) is 0 Å². The van der Waals surface area contributed by atoms with Gasteiger partial charge in [-0.1, -0.05) is 37.1 Å². The molecular formula is C19H24N2S. The Balaban J connectivity index is 2.14. The fraction of sp³-hybridized carbons (Fsp3) is 0.316. The third-order valence-corrected chi connectivity index (χ3v) is 4.48. The van der Waals surface area contributed by atoms with Gasteiger partial charge in [0.05, 0.1) is 5.70 Å². The van der Waals surface area contributed by atoms with Gasteiger partial charge in [-0.3, -0.25) is 0 Å². The molecule has 1 aromatic rings. The number of allylic oxidation sites excluding steroid dienone is 3. The first-order chi connectivity index (χ1) is 10.5. The summed E-state index contributed by atoms with van der Waals surface area (Å²) in [6, 6.07) is 8.76. The third-order valence-electron chi connectivity index (χ3n) is 3.53. The van der Waals surface area contributed by atoms with Crippen molar-refractivity contribution >= 4 is 16.8 Å². The van der Waals surface area contributed by atoms with Crippen molar-refractivity contribution < 1.29 is 0 Å². The number of thioether (sulfide) groups is 1. The maximum Gasteiger partial charge on any atom is 0.101 e. The minimum atomic E-state index is 0.772. The normalized spacial score (nSPS) is 16.0. The molecule has 116 valence electrons. The van der Waals surface area contributed by atoms with Gasteiger partial charge in [0, 0.05) is 16.3 Å². The average molecular weight is 312 g/mol. The van der Waals surface area contributed by atoms with Gasteiger partial charge in [-0.2, -0.15) is 0 Å². The zero-order chi connectivity index (χ0) is 16.1. The van der Waals surface area contributed by atoms with Crippen molar-refractivity contribution in [2.24, 2.45) is 4.99 Å². The third kappa shape index (κ3) is 4.92. The van der Waals surface area contributed by atoms with Crippen molar-refractivity contribution in [3.8, 4) is 0 Å². The summed E-state index contributed by atoms with van der Waals surface area (Å²) in [5, 5.41) is 4.11. The van der Waals surface area contributed by atoms with Gasteiger partial charge in [-0.25, -0.2) is 4.99 Å². The Hall–Kier alpha value is -1.74. The van der Waals surface area contributed by atoms with Gasteiger partial charge < -0.3 is 5.32 Å². The molecule has 1 aliphatic carbocycles. The molecule has 0 unspecified atom stereocenters. The molecule has 2 nitrogen and oxygen atoms in total. The molecule has 0 radical (unpaired) electrons. The molecular weight excluding hydrogens is 288 g/mol. The highest BCUT2D eigenvalue weighted by Crippen LogP contribution is 2.41. The molecule has 0 atom stereocenters. The lowest BCUT2D eigenvalue weighted by atomic mass is 10.1. The van der Waals surface area contributed by atoms with Crippen LogP contribution in [0.5, 0.6) is 0 Å². The van der Waals surface area contributed by atoms with Crippen molar-refractivity contribution in [3.63, 3.8) is 0 Å². The Bertz CT molecular complexity index is 637. The second-order valence-corrected chi connectivity index (χ2v) is 6.81. The highest BCUT2D eigenvalue weighted by Gasteiger charge is 2.23. The second-order valence-electron chi connectivity index (χ2n) is 5.72. The molecule has 1 fully saturated rings. The fourth-order valence-corrected chi connectivity index (χ4v) is 2.99. The highest BCUT2D eigenvalue weighted by atomic mass is 32.2. The van der Waals surface area contributed by atoms with Crippen LogP contribution in [-0.2, 0) is 0 Å². The van der Waals surface area contributed by atoms with E-state index in [1.807, 2.05) is 26.8 Å². The van der Waals surface area contributed by atoms with Crippen LogP contribution >= 0.6 is 11.8 Å². The summed E-state index contributed by atoms with van der Waals surface area (Å²) in [5.74, 6) is 0.772. The largest absolute Gasteiger partial charge is 0.362 e. The van der Waals surface area contributed by atoms with Crippen molar-refractivity contribution in [1.82, 2.24) is 5.32 Å². The van der Waals surface area contributed by atoms with E-state index in [0.29, 0.717) is 0 Å². The van der Waals surface area contributed by atoms with E-state index in [1.54, 1.807) is 11.8 Å². The van der Waals surface area contributed by atoms with Crippen molar-refractivity contribution in [2.45, 2.75) is 44.4 Å². The molecule has 0 aromatic heterocycles. The number of hydrogen-bond acceptors (Lipinski definition) is 3. The number of rotatable bonds is 6. The van der Waals surface area contributed by atoms with E-state index < -0.39 is 0 Å². The number of nitrogens with zero attached hydrogens (tertiary/aromatic N) is 1. The lowest BCUT2D eigenvalue weighted by Gasteiger charge is -2.09. The minimum absolute atomic E-state index is 0.772. The molecule has 1 N–H and O–H groups in total. The Morgan fingerprint density at radius 3 is 2.64 bits per heavy atom. The van der Waals surface area contributed by atoms with Crippen LogP contribution in [0.25, 0.3) is 0 Å². The van der Waals surface area contributed by atoms with Gasteiger partial charge in [0.2, 0.25) is 0 Å². The molecule has 0 spiro atoms. The smallest absolute Gasteiger partial charge is 0.101 e.